The number of amides is 1. The van der Waals surface area contributed by atoms with Crippen LogP contribution in [0.1, 0.15) is 36.4 Å². The minimum atomic E-state index is -0.829. The van der Waals surface area contributed by atoms with Gasteiger partial charge in [0.1, 0.15) is 11.3 Å². The SMILES string of the molecule is COc1ccc(CN2C[C@@H]3C[C@@H](c4ccc(F)c(F)c4)N4CCC[C@@]34C2=O)cc1. The fraction of sp³-hybridized carbons (Fsp3) is 0.435. The molecule has 5 rings (SSSR count). The summed E-state index contributed by atoms with van der Waals surface area (Å²) in [5, 5.41) is 0. The normalized spacial score (nSPS) is 28.7. The summed E-state index contributed by atoms with van der Waals surface area (Å²) < 4.78 is 32.4. The van der Waals surface area contributed by atoms with E-state index < -0.39 is 17.2 Å². The molecule has 0 aromatic heterocycles. The van der Waals surface area contributed by atoms with E-state index in [0.717, 1.165) is 42.7 Å². The summed E-state index contributed by atoms with van der Waals surface area (Å²) in [5.74, 6) is -0.451. The van der Waals surface area contributed by atoms with Crippen molar-refractivity contribution in [2.45, 2.75) is 37.4 Å². The van der Waals surface area contributed by atoms with Gasteiger partial charge >= 0.3 is 0 Å². The molecule has 6 heteroatoms. The maximum absolute atomic E-state index is 13.8. The molecule has 152 valence electrons. The van der Waals surface area contributed by atoms with Crippen LogP contribution >= 0.6 is 0 Å². The van der Waals surface area contributed by atoms with Crippen LogP contribution in [0, 0.1) is 17.6 Å². The molecule has 0 radical (unpaired) electrons. The van der Waals surface area contributed by atoms with Gasteiger partial charge < -0.3 is 9.64 Å². The van der Waals surface area contributed by atoms with Crippen LogP contribution in [0.5, 0.6) is 5.75 Å². The van der Waals surface area contributed by atoms with E-state index in [1.54, 1.807) is 13.2 Å². The van der Waals surface area contributed by atoms with Crippen LogP contribution in [0.2, 0.25) is 0 Å². The Bertz CT molecular complexity index is 948. The summed E-state index contributed by atoms with van der Waals surface area (Å²) in [6.07, 6.45) is 2.60. The molecule has 3 fully saturated rings. The second-order valence-electron chi connectivity index (χ2n) is 8.38. The second-order valence-corrected chi connectivity index (χ2v) is 8.38. The van der Waals surface area contributed by atoms with Gasteiger partial charge in [-0.05, 0) is 61.2 Å². The lowest BCUT2D eigenvalue weighted by Crippen LogP contribution is -2.49. The molecule has 0 unspecified atom stereocenters. The van der Waals surface area contributed by atoms with Gasteiger partial charge in [-0.1, -0.05) is 18.2 Å². The summed E-state index contributed by atoms with van der Waals surface area (Å²) >= 11 is 0. The van der Waals surface area contributed by atoms with Crippen molar-refractivity contribution < 1.29 is 18.3 Å². The van der Waals surface area contributed by atoms with Crippen LogP contribution in [0.4, 0.5) is 8.78 Å². The highest BCUT2D eigenvalue weighted by atomic mass is 19.2. The fourth-order valence-corrected chi connectivity index (χ4v) is 5.70. The van der Waals surface area contributed by atoms with E-state index in [0.29, 0.717) is 13.1 Å². The minimum Gasteiger partial charge on any atom is -0.497 e. The Balaban J connectivity index is 1.39. The Morgan fingerprint density at radius 3 is 2.66 bits per heavy atom. The smallest absolute Gasteiger partial charge is 0.243 e. The molecular formula is C23H24F2N2O2. The molecular weight excluding hydrogens is 374 g/mol. The van der Waals surface area contributed by atoms with Crippen molar-refractivity contribution in [3.63, 3.8) is 0 Å². The van der Waals surface area contributed by atoms with E-state index in [1.807, 2.05) is 29.2 Å². The highest BCUT2D eigenvalue weighted by Crippen LogP contribution is 2.56. The largest absolute Gasteiger partial charge is 0.497 e. The Morgan fingerprint density at radius 2 is 1.93 bits per heavy atom. The first-order chi connectivity index (χ1) is 14.0. The fourth-order valence-electron chi connectivity index (χ4n) is 5.70. The zero-order valence-corrected chi connectivity index (χ0v) is 16.4. The Hall–Kier alpha value is -2.47. The van der Waals surface area contributed by atoms with E-state index in [9.17, 15) is 13.6 Å². The standard InChI is InChI=1S/C23H24F2N2O2/c1-29-18-6-3-15(4-7-18)13-26-14-17-12-21(16-5-8-19(24)20(25)11-16)27-10-2-9-23(17,27)22(26)28/h3-8,11,17,21H,2,9-10,12-14H2,1H3/t17-,21-,23-/m0/s1. The quantitative estimate of drug-likeness (QED) is 0.783. The number of methoxy groups -OCH3 is 1. The maximum atomic E-state index is 13.8. The van der Waals surface area contributed by atoms with Gasteiger partial charge in [0.25, 0.3) is 0 Å². The van der Waals surface area contributed by atoms with E-state index in [1.165, 1.54) is 12.1 Å². The van der Waals surface area contributed by atoms with Crippen molar-refractivity contribution in [1.82, 2.24) is 9.80 Å². The van der Waals surface area contributed by atoms with Crippen LogP contribution < -0.4 is 4.74 Å². The Kier molecular flexibility index (Phi) is 4.35. The van der Waals surface area contributed by atoms with Crippen LogP contribution in [0.3, 0.4) is 0 Å². The van der Waals surface area contributed by atoms with Gasteiger partial charge in [-0.15, -0.1) is 0 Å². The van der Waals surface area contributed by atoms with Crippen LogP contribution in [0.25, 0.3) is 0 Å². The third kappa shape index (κ3) is 2.76. The molecule has 3 aliphatic heterocycles. The van der Waals surface area contributed by atoms with Crippen LogP contribution in [-0.2, 0) is 11.3 Å². The summed E-state index contributed by atoms with van der Waals surface area (Å²) in [4.78, 5) is 17.8. The number of nitrogens with zero attached hydrogens (tertiary/aromatic N) is 2. The van der Waals surface area contributed by atoms with E-state index >= 15 is 0 Å². The van der Waals surface area contributed by atoms with Gasteiger partial charge in [0, 0.05) is 25.0 Å². The predicted octanol–water partition coefficient (Wildman–Crippen LogP) is 3.91. The Labute approximate surface area is 169 Å². The molecule has 0 N–H and O–H groups in total. The van der Waals surface area contributed by atoms with E-state index in [4.69, 9.17) is 4.74 Å². The van der Waals surface area contributed by atoms with E-state index in [2.05, 4.69) is 4.90 Å². The number of likely N-dealkylation sites (tertiary alicyclic amines) is 1. The molecule has 3 heterocycles. The topological polar surface area (TPSA) is 32.8 Å². The molecule has 29 heavy (non-hydrogen) atoms. The lowest BCUT2D eigenvalue weighted by molar-refractivity contribution is -0.137. The number of ether oxygens (including phenoxy) is 1. The van der Waals surface area contributed by atoms with Crippen molar-refractivity contribution in [1.29, 1.82) is 0 Å². The van der Waals surface area contributed by atoms with Gasteiger partial charge in [0.15, 0.2) is 11.6 Å². The molecule has 0 bridgehead atoms. The second kappa shape index (κ2) is 6.80. The average Bonchev–Trinajstić information content (AvgIpc) is 3.36. The van der Waals surface area contributed by atoms with Crippen LogP contribution in [0.15, 0.2) is 42.5 Å². The number of carbonyl (C=O) groups excluding carboxylic acids is 1. The summed E-state index contributed by atoms with van der Waals surface area (Å²) in [7, 11) is 1.64. The number of hydrogen-bond donors (Lipinski definition) is 0. The zero-order chi connectivity index (χ0) is 20.2. The number of carbonyl (C=O) groups is 1. The number of rotatable bonds is 4. The van der Waals surface area contributed by atoms with E-state index in [-0.39, 0.29) is 17.9 Å². The molecule has 1 amide bonds. The third-order valence-corrected chi connectivity index (χ3v) is 6.99. The number of halogens is 2. The molecule has 0 saturated carbocycles. The molecule has 4 nitrogen and oxygen atoms in total. The molecule has 1 spiro atoms. The molecule has 0 aliphatic carbocycles. The van der Waals surface area contributed by atoms with Gasteiger partial charge in [-0.25, -0.2) is 8.78 Å². The van der Waals surface area contributed by atoms with Crippen molar-refractivity contribution in [2.75, 3.05) is 20.2 Å². The third-order valence-electron chi connectivity index (χ3n) is 6.99. The molecule has 2 aromatic rings. The first kappa shape index (κ1) is 18.6. The predicted molar refractivity (Wildman–Crippen MR) is 104 cm³/mol. The molecule has 2 aromatic carbocycles. The summed E-state index contributed by atoms with van der Waals surface area (Å²) in [6, 6.07) is 11.9. The van der Waals surface area contributed by atoms with Crippen molar-refractivity contribution in [2.24, 2.45) is 5.92 Å². The highest BCUT2D eigenvalue weighted by Gasteiger charge is 2.65. The lowest BCUT2D eigenvalue weighted by atomic mass is 9.85. The highest BCUT2D eigenvalue weighted by molar-refractivity contribution is 5.90. The molecule has 3 atom stereocenters. The van der Waals surface area contributed by atoms with Gasteiger partial charge in [-0.2, -0.15) is 0 Å². The number of hydrogen-bond acceptors (Lipinski definition) is 3. The van der Waals surface area contributed by atoms with Crippen LogP contribution in [-0.4, -0.2) is 41.4 Å². The van der Waals surface area contributed by atoms with Gasteiger partial charge in [-0.3, -0.25) is 9.69 Å². The molecule has 3 aliphatic rings. The average molecular weight is 398 g/mol. The monoisotopic (exact) mass is 398 g/mol. The van der Waals surface area contributed by atoms with Crippen molar-refractivity contribution in [3.05, 3.63) is 65.2 Å². The van der Waals surface area contributed by atoms with Crippen molar-refractivity contribution in [3.8, 4) is 5.75 Å². The van der Waals surface area contributed by atoms with Crippen molar-refractivity contribution >= 4 is 5.91 Å². The lowest BCUT2D eigenvalue weighted by Gasteiger charge is -2.33. The first-order valence-corrected chi connectivity index (χ1v) is 10.2. The molecule has 3 saturated heterocycles. The first-order valence-electron chi connectivity index (χ1n) is 10.2. The summed E-state index contributed by atoms with van der Waals surface area (Å²) in [6.45, 7) is 2.12. The van der Waals surface area contributed by atoms with Gasteiger partial charge in [0.2, 0.25) is 5.91 Å². The summed E-state index contributed by atoms with van der Waals surface area (Å²) in [5.41, 5.74) is 1.37. The minimum absolute atomic E-state index is 0.0234. The zero-order valence-electron chi connectivity index (χ0n) is 16.4. The maximum Gasteiger partial charge on any atom is 0.243 e. The van der Waals surface area contributed by atoms with Gasteiger partial charge in [0.05, 0.1) is 7.11 Å². The Morgan fingerprint density at radius 1 is 1.14 bits per heavy atom. The number of benzene rings is 2.